The summed E-state index contributed by atoms with van der Waals surface area (Å²) in [6.45, 7) is 0. The Labute approximate surface area is 280 Å². The zero-order valence-electron chi connectivity index (χ0n) is 26.5. The van der Waals surface area contributed by atoms with Gasteiger partial charge in [-0.1, -0.05) is 133 Å². The monoisotopic (exact) mass is 618 g/mol. The van der Waals surface area contributed by atoms with Gasteiger partial charge < -0.3 is 9.97 Å². The molecule has 0 aliphatic rings. The number of fused-ring (bicyclic) bond motifs is 2. The normalized spacial score (nSPS) is 12.2. The molecular formula is C44H34N4. The number of hydrogen-bond donors (Lipinski definition) is 2. The Morgan fingerprint density at radius 2 is 0.771 bits per heavy atom. The summed E-state index contributed by atoms with van der Waals surface area (Å²) in [5, 5.41) is 2.37. The van der Waals surface area contributed by atoms with E-state index in [2.05, 4.69) is 180 Å². The maximum atomic E-state index is 5.37. The molecule has 8 aromatic rings. The van der Waals surface area contributed by atoms with Gasteiger partial charge in [0.2, 0.25) is 0 Å². The fourth-order valence-electron chi connectivity index (χ4n) is 6.35. The quantitative estimate of drug-likeness (QED) is 0.151. The van der Waals surface area contributed by atoms with E-state index < -0.39 is 0 Å². The minimum absolute atomic E-state index is 0.716. The molecular weight excluding hydrogens is 585 g/mol. The molecule has 8 rings (SSSR count). The number of aromatic amines is 2. The number of aliphatic imine (C=N–C) groups is 2. The van der Waals surface area contributed by atoms with Crippen LogP contribution in [0.15, 0.2) is 180 Å². The van der Waals surface area contributed by atoms with Crippen molar-refractivity contribution in [2.75, 3.05) is 0 Å². The van der Waals surface area contributed by atoms with E-state index in [1.165, 1.54) is 10.8 Å². The second-order valence-corrected chi connectivity index (χ2v) is 11.9. The highest BCUT2D eigenvalue weighted by Gasteiger charge is 2.14. The summed E-state index contributed by atoms with van der Waals surface area (Å²) in [6.07, 6.45) is 1.43. The predicted molar refractivity (Wildman–Crippen MR) is 202 cm³/mol. The van der Waals surface area contributed by atoms with Gasteiger partial charge in [-0.05, 0) is 60.4 Å². The third-order valence-electron chi connectivity index (χ3n) is 8.77. The van der Waals surface area contributed by atoms with Crippen molar-refractivity contribution >= 4 is 44.6 Å². The van der Waals surface area contributed by atoms with E-state index in [9.17, 15) is 0 Å². The summed E-state index contributed by atoms with van der Waals surface area (Å²) >= 11 is 0. The largest absolute Gasteiger partial charge is 0.354 e. The fourth-order valence-corrected chi connectivity index (χ4v) is 6.35. The van der Waals surface area contributed by atoms with Crippen molar-refractivity contribution in [1.82, 2.24) is 9.97 Å². The second kappa shape index (κ2) is 13.2. The molecule has 0 bridgehead atoms. The Hall–Kier alpha value is -6.26. The van der Waals surface area contributed by atoms with Crippen molar-refractivity contribution in [2.45, 2.75) is 12.8 Å². The summed E-state index contributed by atoms with van der Waals surface area (Å²) in [6, 6.07) is 59.0. The van der Waals surface area contributed by atoms with Gasteiger partial charge in [0.1, 0.15) is 0 Å². The lowest BCUT2D eigenvalue weighted by Crippen LogP contribution is -2.07. The van der Waals surface area contributed by atoms with Crippen LogP contribution in [0.4, 0.5) is 11.4 Å². The molecule has 230 valence electrons. The van der Waals surface area contributed by atoms with Crippen molar-refractivity contribution < 1.29 is 0 Å². The van der Waals surface area contributed by atoms with Crippen molar-refractivity contribution in [3.05, 3.63) is 181 Å². The van der Waals surface area contributed by atoms with Gasteiger partial charge in [0, 0.05) is 55.7 Å². The standard InChI is InChI=1S/C44H34N4/c1-3-15-31(16-4-1)39(45-41-25-13-9-21-35(41)43-29-33-19-7-11-23-37(33)47-43)27-28-40(32-17-5-2-6-18-32)46-42-26-14-10-22-36(42)44-30-34-20-8-12-24-38(34)48-44/h1-26,29-30,47-48H,27-28H2. The zero-order valence-corrected chi connectivity index (χ0v) is 26.5. The van der Waals surface area contributed by atoms with Crippen LogP contribution in [0.5, 0.6) is 0 Å². The molecule has 4 heteroatoms. The van der Waals surface area contributed by atoms with Gasteiger partial charge in [-0.25, -0.2) is 0 Å². The molecule has 0 radical (unpaired) electrons. The molecule has 0 amide bonds. The van der Waals surface area contributed by atoms with Crippen LogP contribution in [0.1, 0.15) is 24.0 Å². The van der Waals surface area contributed by atoms with Gasteiger partial charge in [-0.15, -0.1) is 0 Å². The average molecular weight is 619 g/mol. The molecule has 6 aromatic carbocycles. The molecule has 0 spiro atoms. The number of benzene rings is 6. The molecule has 0 fully saturated rings. The summed E-state index contributed by atoms with van der Waals surface area (Å²) in [4.78, 5) is 17.9. The highest BCUT2D eigenvalue weighted by molar-refractivity contribution is 6.08. The second-order valence-electron chi connectivity index (χ2n) is 11.9. The van der Waals surface area contributed by atoms with Gasteiger partial charge in [0.05, 0.1) is 11.4 Å². The third kappa shape index (κ3) is 6.12. The minimum atomic E-state index is 0.716. The van der Waals surface area contributed by atoms with Crippen LogP contribution in [-0.2, 0) is 0 Å². The van der Waals surface area contributed by atoms with Crippen molar-refractivity contribution in [2.24, 2.45) is 9.98 Å². The Balaban J connectivity index is 1.19. The zero-order chi connectivity index (χ0) is 32.1. The molecule has 4 nitrogen and oxygen atoms in total. The highest BCUT2D eigenvalue weighted by Crippen LogP contribution is 2.34. The number of nitrogens with zero attached hydrogens (tertiary/aromatic N) is 2. The van der Waals surface area contributed by atoms with Crippen LogP contribution < -0.4 is 0 Å². The number of hydrogen-bond acceptors (Lipinski definition) is 2. The first-order valence-corrected chi connectivity index (χ1v) is 16.4. The van der Waals surface area contributed by atoms with Crippen LogP contribution in [0, 0.1) is 0 Å². The molecule has 2 aromatic heterocycles. The Morgan fingerprint density at radius 3 is 1.21 bits per heavy atom. The number of nitrogens with one attached hydrogen (secondary N) is 2. The molecule has 0 saturated carbocycles. The average Bonchev–Trinajstić information content (AvgIpc) is 3.79. The number of rotatable bonds is 9. The van der Waals surface area contributed by atoms with Gasteiger partial charge >= 0.3 is 0 Å². The Morgan fingerprint density at radius 1 is 0.396 bits per heavy atom. The van der Waals surface area contributed by atoms with E-state index in [4.69, 9.17) is 9.98 Å². The SMILES string of the molecule is c1ccc(C(CCC(=Nc2ccccc2-c2cc3ccccc3[nH]2)c2ccccc2)=Nc2ccccc2-c2cc3ccccc3[nH]2)cc1. The van der Waals surface area contributed by atoms with Gasteiger partial charge in [0.25, 0.3) is 0 Å². The van der Waals surface area contributed by atoms with E-state index in [1.807, 2.05) is 0 Å². The summed E-state index contributed by atoms with van der Waals surface area (Å²) < 4.78 is 0. The van der Waals surface area contributed by atoms with Crippen LogP contribution >= 0.6 is 0 Å². The lowest BCUT2D eigenvalue weighted by molar-refractivity contribution is 1.13. The Bertz CT molecular complexity index is 2160. The van der Waals surface area contributed by atoms with Crippen molar-refractivity contribution in [1.29, 1.82) is 0 Å². The van der Waals surface area contributed by atoms with E-state index in [-0.39, 0.29) is 0 Å². The molecule has 0 saturated heterocycles. The maximum absolute atomic E-state index is 5.37. The topological polar surface area (TPSA) is 56.3 Å². The number of para-hydroxylation sites is 4. The number of H-pyrrole nitrogens is 2. The lowest BCUT2D eigenvalue weighted by Gasteiger charge is -2.13. The van der Waals surface area contributed by atoms with Crippen molar-refractivity contribution in [3.8, 4) is 22.5 Å². The fraction of sp³-hybridized carbons (Fsp3) is 0.0455. The number of aromatic nitrogens is 2. The maximum Gasteiger partial charge on any atom is 0.0726 e. The minimum Gasteiger partial charge on any atom is -0.354 e. The molecule has 0 aliphatic heterocycles. The van der Waals surface area contributed by atoms with Crippen LogP contribution in [0.3, 0.4) is 0 Å². The van der Waals surface area contributed by atoms with Crippen LogP contribution in [0.2, 0.25) is 0 Å². The van der Waals surface area contributed by atoms with Crippen molar-refractivity contribution in [3.63, 3.8) is 0 Å². The lowest BCUT2D eigenvalue weighted by atomic mass is 9.99. The van der Waals surface area contributed by atoms with Gasteiger partial charge in [-0.3, -0.25) is 9.98 Å². The van der Waals surface area contributed by atoms with Crippen LogP contribution in [0.25, 0.3) is 44.3 Å². The predicted octanol–water partition coefficient (Wildman–Crippen LogP) is 11.7. The van der Waals surface area contributed by atoms with E-state index >= 15 is 0 Å². The smallest absolute Gasteiger partial charge is 0.0726 e. The summed E-state index contributed by atoms with van der Waals surface area (Å²) in [7, 11) is 0. The van der Waals surface area contributed by atoms with E-state index in [0.29, 0.717) is 12.8 Å². The van der Waals surface area contributed by atoms with Crippen LogP contribution in [-0.4, -0.2) is 21.4 Å². The molecule has 2 N–H and O–H groups in total. The molecule has 0 unspecified atom stereocenters. The summed E-state index contributed by atoms with van der Waals surface area (Å²) in [5.41, 5.74) is 12.6. The first-order chi connectivity index (χ1) is 23.8. The molecule has 2 heterocycles. The third-order valence-corrected chi connectivity index (χ3v) is 8.77. The Kier molecular flexibility index (Phi) is 8.04. The molecule has 48 heavy (non-hydrogen) atoms. The first kappa shape index (κ1) is 29.2. The van der Waals surface area contributed by atoms with E-state index in [0.717, 1.165) is 67.5 Å². The van der Waals surface area contributed by atoms with E-state index in [1.54, 1.807) is 0 Å². The first-order valence-electron chi connectivity index (χ1n) is 16.4. The van der Waals surface area contributed by atoms with Gasteiger partial charge in [-0.2, -0.15) is 0 Å². The van der Waals surface area contributed by atoms with Gasteiger partial charge in [0.15, 0.2) is 0 Å². The molecule has 0 aliphatic carbocycles. The summed E-state index contributed by atoms with van der Waals surface area (Å²) in [5.74, 6) is 0. The molecule has 0 atom stereocenters. The highest BCUT2D eigenvalue weighted by atomic mass is 14.8.